The van der Waals surface area contributed by atoms with Gasteiger partial charge in [-0.2, -0.15) is 0 Å². The van der Waals surface area contributed by atoms with Gasteiger partial charge < -0.3 is 14.6 Å². The molecule has 4 heteroatoms. The summed E-state index contributed by atoms with van der Waals surface area (Å²) in [6, 6.07) is 4.77. The van der Waals surface area contributed by atoms with E-state index in [0.717, 1.165) is 19.3 Å². The molecular formula is C13H17FO3. The molecule has 1 N–H and O–H groups in total. The summed E-state index contributed by atoms with van der Waals surface area (Å²) < 4.78 is 24.3. The van der Waals surface area contributed by atoms with Crippen LogP contribution in [0.3, 0.4) is 0 Å². The van der Waals surface area contributed by atoms with Crippen LogP contribution in [0.25, 0.3) is 0 Å². The van der Waals surface area contributed by atoms with Crippen molar-refractivity contribution < 1.29 is 19.0 Å². The van der Waals surface area contributed by atoms with E-state index in [1.807, 2.05) is 0 Å². The van der Waals surface area contributed by atoms with Crippen LogP contribution in [0.4, 0.5) is 4.39 Å². The normalized spacial score (nSPS) is 22.2. The lowest BCUT2D eigenvalue weighted by Gasteiger charge is -2.27. The Balaban J connectivity index is 2.20. The van der Waals surface area contributed by atoms with Gasteiger partial charge in [-0.3, -0.25) is 0 Å². The second-order valence-electron chi connectivity index (χ2n) is 4.21. The van der Waals surface area contributed by atoms with Crippen molar-refractivity contribution in [1.82, 2.24) is 0 Å². The van der Waals surface area contributed by atoms with Gasteiger partial charge in [-0.25, -0.2) is 4.39 Å². The number of halogens is 1. The van der Waals surface area contributed by atoms with E-state index in [4.69, 9.17) is 9.47 Å². The third kappa shape index (κ3) is 2.58. The molecular weight excluding hydrogens is 223 g/mol. The van der Waals surface area contributed by atoms with Crippen LogP contribution in [-0.2, 0) is 4.74 Å². The van der Waals surface area contributed by atoms with Crippen molar-refractivity contribution in [3.05, 3.63) is 29.6 Å². The van der Waals surface area contributed by atoms with Crippen molar-refractivity contribution in [2.45, 2.75) is 31.5 Å². The summed E-state index contributed by atoms with van der Waals surface area (Å²) in [5.74, 6) is -0.353. The molecule has 1 aliphatic heterocycles. The molecule has 3 nitrogen and oxygen atoms in total. The van der Waals surface area contributed by atoms with E-state index < -0.39 is 11.9 Å². The van der Waals surface area contributed by atoms with Crippen molar-refractivity contribution in [2.75, 3.05) is 13.7 Å². The van der Waals surface area contributed by atoms with Gasteiger partial charge in [0.05, 0.1) is 13.2 Å². The van der Waals surface area contributed by atoms with Gasteiger partial charge in [-0.05, 0) is 25.3 Å². The quantitative estimate of drug-likeness (QED) is 0.882. The van der Waals surface area contributed by atoms with Crippen LogP contribution in [0.1, 0.15) is 30.9 Å². The molecule has 1 aromatic carbocycles. The molecule has 0 radical (unpaired) electrons. The average molecular weight is 240 g/mol. The van der Waals surface area contributed by atoms with Crippen LogP contribution in [0.15, 0.2) is 18.2 Å². The zero-order chi connectivity index (χ0) is 12.3. The number of rotatable bonds is 3. The zero-order valence-electron chi connectivity index (χ0n) is 9.86. The molecule has 0 spiro atoms. The average Bonchev–Trinajstić information content (AvgIpc) is 2.39. The van der Waals surface area contributed by atoms with Crippen LogP contribution in [-0.4, -0.2) is 24.9 Å². The Kier molecular flexibility index (Phi) is 3.97. The van der Waals surface area contributed by atoms with E-state index >= 15 is 0 Å². The Hall–Kier alpha value is -1.13. The molecule has 1 saturated heterocycles. The van der Waals surface area contributed by atoms with Crippen LogP contribution in [0.5, 0.6) is 5.75 Å². The molecule has 17 heavy (non-hydrogen) atoms. The van der Waals surface area contributed by atoms with Crippen LogP contribution in [0, 0.1) is 5.82 Å². The van der Waals surface area contributed by atoms with Gasteiger partial charge in [0.1, 0.15) is 6.10 Å². The molecule has 0 aliphatic carbocycles. The third-order valence-electron chi connectivity index (χ3n) is 3.10. The minimum atomic E-state index is -0.926. The molecule has 0 saturated carbocycles. The van der Waals surface area contributed by atoms with Gasteiger partial charge in [0.15, 0.2) is 11.6 Å². The fraction of sp³-hybridized carbons (Fsp3) is 0.538. The molecule has 1 aliphatic rings. The van der Waals surface area contributed by atoms with Crippen molar-refractivity contribution in [3.8, 4) is 5.75 Å². The van der Waals surface area contributed by atoms with Gasteiger partial charge in [-0.1, -0.05) is 12.1 Å². The Morgan fingerprint density at radius 1 is 1.47 bits per heavy atom. The first-order valence-corrected chi connectivity index (χ1v) is 5.86. The summed E-state index contributed by atoms with van der Waals surface area (Å²) in [6.45, 7) is 0.632. The van der Waals surface area contributed by atoms with Gasteiger partial charge >= 0.3 is 0 Å². The minimum absolute atomic E-state index is 0.150. The van der Waals surface area contributed by atoms with E-state index in [-0.39, 0.29) is 17.4 Å². The highest BCUT2D eigenvalue weighted by atomic mass is 19.1. The van der Waals surface area contributed by atoms with E-state index in [1.54, 1.807) is 12.1 Å². The second kappa shape index (κ2) is 5.47. The molecule has 2 rings (SSSR count). The number of aliphatic hydroxyl groups is 1. The first-order valence-electron chi connectivity index (χ1n) is 5.86. The topological polar surface area (TPSA) is 38.7 Å². The standard InChI is InChI=1S/C13H17FO3/c1-16-10-7-4-5-9(12(10)14)13(15)11-6-2-3-8-17-11/h4-5,7,11,13,15H,2-3,6,8H2,1H3. The number of hydrogen-bond donors (Lipinski definition) is 1. The summed E-state index contributed by atoms with van der Waals surface area (Å²) in [6.07, 6.45) is 1.53. The number of hydrogen-bond acceptors (Lipinski definition) is 3. The van der Waals surface area contributed by atoms with Gasteiger partial charge in [0.25, 0.3) is 0 Å². The van der Waals surface area contributed by atoms with E-state index in [1.165, 1.54) is 13.2 Å². The van der Waals surface area contributed by atoms with Crippen LogP contribution in [0.2, 0.25) is 0 Å². The van der Waals surface area contributed by atoms with Crippen LogP contribution < -0.4 is 4.74 Å². The minimum Gasteiger partial charge on any atom is -0.494 e. The van der Waals surface area contributed by atoms with Crippen LogP contribution >= 0.6 is 0 Å². The molecule has 1 fully saturated rings. The fourth-order valence-corrected chi connectivity index (χ4v) is 2.13. The summed E-state index contributed by atoms with van der Waals surface area (Å²) in [4.78, 5) is 0. The Bertz CT molecular complexity index is 375. The summed E-state index contributed by atoms with van der Waals surface area (Å²) in [5.41, 5.74) is 0.247. The van der Waals surface area contributed by atoms with Gasteiger partial charge in [0.2, 0.25) is 0 Å². The third-order valence-corrected chi connectivity index (χ3v) is 3.10. The number of benzene rings is 1. The Morgan fingerprint density at radius 3 is 2.94 bits per heavy atom. The van der Waals surface area contributed by atoms with E-state index in [2.05, 4.69) is 0 Å². The predicted octanol–water partition coefficient (Wildman–Crippen LogP) is 2.44. The predicted molar refractivity (Wildman–Crippen MR) is 61.5 cm³/mol. The molecule has 2 atom stereocenters. The maximum absolute atomic E-state index is 13.9. The number of methoxy groups -OCH3 is 1. The first-order chi connectivity index (χ1) is 8.24. The van der Waals surface area contributed by atoms with Gasteiger partial charge in [-0.15, -0.1) is 0 Å². The highest BCUT2D eigenvalue weighted by Crippen LogP contribution is 2.31. The molecule has 2 unspecified atom stereocenters. The molecule has 1 aromatic rings. The number of aliphatic hydroxyl groups excluding tert-OH is 1. The lowest BCUT2D eigenvalue weighted by Crippen LogP contribution is -2.27. The van der Waals surface area contributed by atoms with Crippen molar-refractivity contribution in [3.63, 3.8) is 0 Å². The monoisotopic (exact) mass is 240 g/mol. The van der Waals surface area contributed by atoms with Crippen molar-refractivity contribution >= 4 is 0 Å². The fourth-order valence-electron chi connectivity index (χ4n) is 2.13. The smallest absolute Gasteiger partial charge is 0.170 e. The van der Waals surface area contributed by atoms with Crippen molar-refractivity contribution in [1.29, 1.82) is 0 Å². The lowest BCUT2D eigenvalue weighted by atomic mass is 9.97. The Labute approximate surface area is 100 Å². The van der Waals surface area contributed by atoms with E-state index in [9.17, 15) is 9.50 Å². The Morgan fingerprint density at radius 2 is 2.29 bits per heavy atom. The summed E-state index contributed by atoms with van der Waals surface area (Å²) >= 11 is 0. The number of ether oxygens (including phenoxy) is 2. The highest BCUT2D eigenvalue weighted by molar-refractivity contribution is 5.32. The zero-order valence-corrected chi connectivity index (χ0v) is 9.86. The SMILES string of the molecule is COc1cccc(C(O)C2CCCCO2)c1F. The molecule has 0 bridgehead atoms. The van der Waals surface area contributed by atoms with Crippen molar-refractivity contribution in [2.24, 2.45) is 0 Å². The van der Waals surface area contributed by atoms with E-state index in [0.29, 0.717) is 6.61 Å². The summed E-state index contributed by atoms with van der Waals surface area (Å²) in [5, 5.41) is 10.1. The molecule has 94 valence electrons. The highest BCUT2D eigenvalue weighted by Gasteiger charge is 2.27. The van der Waals surface area contributed by atoms with Gasteiger partial charge in [0, 0.05) is 12.2 Å². The molecule has 0 amide bonds. The molecule has 0 aromatic heterocycles. The largest absolute Gasteiger partial charge is 0.494 e. The summed E-state index contributed by atoms with van der Waals surface area (Å²) in [7, 11) is 1.41. The maximum Gasteiger partial charge on any atom is 0.170 e. The molecule has 1 heterocycles. The second-order valence-corrected chi connectivity index (χ2v) is 4.21. The lowest BCUT2D eigenvalue weighted by molar-refractivity contribution is -0.0645. The first kappa shape index (κ1) is 12.3. The maximum atomic E-state index is 13.9.